The third kappa shape index (κ3) is 3.10. The molecule has 0 atom stereocenters. The smallest absolute Gasteiger partial charge is 0.171 e. The molecule has 1 N–H and O–H groups in total. The van der Waals surface area contributed by atoms with Crippen LogP contribution in [0.15, 0.2) is 24.8 Å². The molecule has 5 nitrogen and oxygen atoms in total. The summed E-state index contributed by atoms with van der Waals surface area (Å²) in [6.07, 6.45) is 7.25. The predicted octanol–water partition coefficient (Wildman–Crippen LogP) is 1.47. The molecule has 90 valence electrons. The average Bonchev–Trinajstić information content (AvgIpc) is 2.74. The summed E-state index contributed by atoms with van der Waals surface area (Å²) in [6, 6.07) is 0.449. The maximum atomic E-state index is 4.35. The largest absolute Gasteiger partial charge is 0.309 e. The van der Waals surface area contributed by atoms with Gasteiger partial charge in [-0.3, -0.25) is 4.98 Å². The SMILES string of the molecule is Cc1cnn(-c2cnc(CNC(C)C)cn2)c1. The molecule has 17 heavy (non-hydrogen) atoms. The number of aromatic nitrogens is 4. The maximum Gasteiger partial charge on any atom is 0.171 e. The molecule has 0 aliphatic rings. The van der Waals surface area contributed by atoms with Crippen LogP contribution in [-0.2, 0) is 6.54 Å². The van der Waals surface area contributed by atoms with Gasteiger partial charge in [0.05, 0.1) is 24.3 Å². The van der Waals surface area contributed by atoms with Gasteiger partial charge in [0, 0.05) is 18.8 Å². The molecule has 2 aromatic rings. The quantitative estimate of drug-likeness (QED) is 0.865. The standard InChI is InChI=1S/C12H17N5/c1-9(2)13-5-11-6-15-12(7-14-11)17-8-10(3)4-16-17/h4,6-9,13H,5H2,1-3H3. The maximum absolute atomic E-state index is 4.35. The summed E-state index contributed by atoms with van der Waals surface area (Å²) in [7, 11) is 0. The Morgan fingerprint density at radius 1 is 1.24 bits per heavy atom. The summed E-state index contributed by atoms with van der Waals surface area (Å²) < 4.78 is 1.72. The van der Waals surface area contributed by atoms with Crippen molar-refractivity contribution in [3.05, 3.63) is 36.0 Å². The molecule has 0 spiro atoms. The van der Waals surface area contributed by atoms with Crippen molar-refractivity contribution >= 4 is 0 Å². The Bertz CT molecular complexity index is 472. The van der Waals surface area contributed by atoms with Crippen molar-refractivity contribution in [1.29, 1.82) is 0 Å². The minimum absolute atomic E-state index is 0.449. The third-order valence-corrected chi connectivity index (χ3v) is 2.33. The Morgan fingerprint density at radius 3 is 2.59 bits per heavy atom. The zero-order valence-corrected chi connectivity index (χ0v) is 10.4. The highest BCUT2D eigenvalue weighted by Gasteiger charge is 2.01. The van der Waals surface area contributed by atoms with E-state index in [1.54, 1.807) is 23.3 Å². The minimum atomic E-state index is 0.449. The van der Waals surface area contributed by atoms with Crippen LogP contribution in [0.4, 0.5) is 0 Å². The van der Waals surface area contributed by atoms with Crippen LogP contribution in [0.25, 0.3) is 5.82 Å². The lowest BCUT2D eigenvalue weighted by Crippen LogP contribution is -2.22. The molecule has 0 aromatic carbocycles. The van der Waals surface area contributed by atoms with Crippen LogP contribution in [0.3, 0.4) is 0 Å². The van der Waals surface area contributed by atoms with Gasteiger partial charge in [-0.1, -0.05) is 13.8 Å². The Kier molecular flexibility index (Phi) is 3.49. The molecule has 0 aliphatic carbocycles. The number of rotatable bonds is 4. The van der Waals surface area contributed by atoms with Crippen molar-refractivity contribution in [3.63, 3.8) is 0 Å². The van der Waals surface area contributed by atoms with Crippen LogP contribution in [0, 0.1) is 6.92 Å². The lowest BCUT2D eigenvalue weighted by Gasteiger charge is -2.07. The Labute approximate surface area is 101 Å². The predicted molar refractivity (Wildman–Crippen MR) is 65.9 cm³/mol. The molecule has 0 bridgehead atoms. The highest BCUT2D eigenvalue weighted by molar-refractivity contribution is 5.19. The highest BCUT2D eigenvalue weighted by atomic mass is 15.3. The van der Waals surface area contributed by atoms with Crippen molar-refractivity contribution in [1.82, 2.24) is 25.1 Å². The number of hydrogen-bond donors (Lipinski definition) is 1. The van der Waals surface area contributed by atoms with E-state index in [-0.39, 0.29) is 0 Å². The fourth-order valence-electron chi connectivity index (χ4n) is 1.40. The van der Waals surface area contributed by atoms with Crippen LogP contribution in [-0.4, -0.2) is 25.8 Å². The molecule has 0 saturated carbocycles. The van der Waals surface area contributed by atoms with E-state index in [0.717, 1.165) is 23.6 Å². The van der Waals surface area contributed by atoms with Crippen LogP contribution in [0.1, 0.15) is 25.1 Å². The minimum Gasteiger partial charge on any atom is -0.309 e. The number of nitrogens with one attached hydrogen (secondary N) is 1. The average molecular weight is 231 g/mol. The zero-order chi connectivity index (χ0) is 12.3. The summed E-state index contributed by atoms with van der Waals surface area (Å²) in [5.41, 5.74) is 2.05. The van der Waals surface area contributed by atoms with Crippen molar-refractivity contribution in [2.24, 2.45) is 0 Å². The summed E-state index contributed by atoms with van der Waals surface area (Å²) in [5.74, 6) is 0.742. The van der Waals surface area contributed by atoms with E-state index in [1.165, 1.54) is 0 Å². The van der Waals surface area contributed by atoms with E-state index in [0.29, 0.717) is 6.04 Å². The van der Waals surface area contributed by atoms with Crippen LogP contribution in [0.2, 0.25) is 0 Å². The second-order valence-electron chi connectivity index (χ2n) is 4.36. The van der Waals surface area contributed by atoms with Gasteiger partial charge in [-0.15, -0.1) is 0 Å². The molecule has 0 fully saturated rings. The van der Waals surface area contributed by atoms with Gasteiger partial charge >= 0.3 is 0 Å². The van der Waals surface area contributed by atoms with Gasteiger partial charge in [-0.25, -0.2) is 9.67 Å². The van der Waals surface area contributed by atoms with Gasteiger partial charge in [0.25, 0.3) is 0 Å². The van der Waals surface area contributed by atoms with E-state index in [9.17, 15) is 0 Å². The summed E-state index contributed by atoms with van der Waals surface area (Å²) in [4.78, 5) is 8.69. The molecule has 0 unspecified atom stereocenters. The molecular weight excluding hydrogens is 214 g/mol. The van der Waals surface area contributed by atoms with Crippen molar-refractivity contribution in [3.8, 4) is 5.82 Å². The molecule has 0 aliphatic heterocycles. The van der Waals surface area contributed by atoms with Crippen LogP contribution >= 0.6 is 0 Å². The van der Waals surface area contributed by atoms with E-state index in [4.69, 9.17) is 0 Å². The van der Waals surface area contributed by atoms with Gasteiger partial charge in [0.15, 0.2) is 5.82 Å². The van der Waals surface area contributed by atoms with Gasteiger partial charge in [-0.2, -0.15) is 5.10 Å². The molecule has 2 aromatic heterocycles. The Balaban J connectivity index is 2.07. The Hall–Kier alpha value is -1.75. The number of hydrogen-bond acceptors (Lipinski definition) is 4. The molecule has 0 saturated heterocycles. The first-order valence-corrected chi connectivity index (χ1v) is 5.71. The molecule has 5 heteroatoms. The lowest BCUT2D eigenvalue weighted by atomic mass is 10.3. The topological polar surface area (TPSA) is 55.6 Å². The normalized spacial score (nSPS) is 11.1. The second kappa shape index (κ2) is 5.05. The van der Waals surface area contributed by atoms with Gasteiger partial charge < -0.3 is 5.32 Å². The number of nitrogens with zero attached hydrogens (tertiary/aromatic N) is 4. The molecule has 2 rings (SSSR count). The number of aryl methyl sites for hydroxylation is 1. The van der Waals surface area contributed by atoms with E-state index >= 15 is 0 Å². The summed E-state index contributed by atoms with van der Waals surface area (Å²) in [6.45, 7) is 6.95. The molecule has 0 amide bonds. The fourth-order valence-corrected chi connectivity index (χ4v) is 1.40. The monoisotopic (exact) mass is 231 g/mol. The first-order chi connectivity index (χ1) is 8.15. The van der Waals surface area contributed by atoms with Crippen LogP contribution in [0.5, 0.6) is 0 Å². The third-order valence-electron chi connectivity index (χ3n) is 2.33. The summed E-state index contributed by atoms with van der Waals surface area (Å²) in [5, 5.41) is 7.49. The first kappa shape index (κ1) is 11.7. The highest BCUT2D eigenvalue weighted by Crippen LogP contribution is 2.03. The molecule has 0 radical (unpaired) electrons. The van der Waals surface area contributed by atoms with Crippen LogP contribution < -0.4 is 5.32 Å². The zero-order valence-electron chi connectivity index (χ0n) is 10.4. The molecular formula is C12H17N5. The Morgan fingerprint density at radius 2 is 2.06 bits per heavy atom. The summed E-state index contributed by atoms with van der Waals surface area (Å²) >= 11 is 0. The van der Waals surface area contributed by atoms with Crippen molar-refractivity contribution in [2.45, 2.75) is 33.4 Å². The van der Waals surface area contributed by atoms with Gasteiger partial charge in [-0.05, 0) is 12.5 Å². The van der Waals surface area contributed by atoms with E-state index in [2.05, 4.69) is 34.2 Å². The van der Waals surface area contributed by atoms with E-state index < -0.39 is 0 Å². The lowest BCUT2D eigenvalue weighted by molar-refractivity contribution is 0.579. The van der Waals surface area contributed by atoms with Gasteiger partial charge in [0.2, 0.25) is 0 Å². The second-order valence-corrected chi connectivity index (χ2v) is 4.36. The first-order valence-electron chi connectivity index (χ1n) is 5.71. The molecule has 2 heterocycles. The van der Waals surface area contributed by atoms with Crippen molar-refractivity contribution < 1.29 is 0 Å². The fraction of sp³-hybridized carbons (Fsp3) is 0.417. The van der Waals surface area contributed by atoms with E-state index in [1.807, 2.05) is 13.1 Å². The van der Waals surface area contributed by atoms with Gasteiger partial charge in [0.1, 0.15) is 0 Å². The van der Waals surface area contributed by atoms with Crippen molar-refractivity contribution in [2.75, 3.05) is 0 Å².